The van der Waals surface area contributed by atoms with Crippen LogP contribution in [0.15, 0.2) is 36.9 Å². The first-order chi connectivity index (χ1) is 19.8. The van der Waals surface area contributed by atoms with Crippen LogP contribution in [0.25, 0.3) is 10.9 Å². The van der Waals surface area contributed by atoms with Crippen molar-refractivity contribution in [2.75, 3.05) is 27.4 Å². The third-order valence-electron chi connectivity index (χ3n) is 7.15. The molecule has 12 nitrogen and oxygen atoms in total. The molecule has 2 heterocycles. The van der Waals surface area contributed by atoms with Gasteiger partial charge >= 0.3 is 18.0 Å². The van der Waals surface area contributed by atoms with Crippen molar-refractivity contribution in [3.05, 3.63) is 42.6 Å². The minimum Gasteiger partial charge on any atom is -0.497 e. The fraction of sp³-hybridized carbons (Fsp3) is 0.500. The highest BCUT2D eigenvalue weighted by atomic mass is 16.6. The second kappa shape index (κ2) is 11.9. The molecule has 226 valence electrons. The fourth-order valence-electron chi connectivity index (χ4n) is 5.01. The summed E-state index contributed by atoms with van der Waals surface area (Å²) in [7, 11) is 2.77. The quantitative estimate of drug-likeness (QED) is 0.265. The number of hydrogen-bond acceptors (Lipinski definition) is 10. The third-order valence-corrected chi connectivity index (χ3v) is 7.15. The zero-order chi connectivity index (χ0) is 30.8. The first-order valence-corrected chi connectivity index (χ1v) is 13.7. The Hall–Kier alpha value is -4.35. The molecule has 0 unspecified atom stereocenters. The summed E-state index contributed by atoms with van der Waals surface area (Å²) in [5.41, 5.74) is -1.60. The molecule has 4 atom stereocenters. The molecule has 4 rings (SSSR count). The number of nitrogens with zero attached hydrogens (tertiary/aromatic N) is 2. The van der Waals surface area contributed by atoms with Gasteiger partial charge in [0.25, 0.3) is 0 Å². The van der Waals surface area contributed by atoms with Crippen molar-refractivity contribution in [1.82, 2.24) is 15.2 Å². The van der Waals surface area contributed by atoms with E-state index in [2.05, 4.69) is 16.9 Å². The molecule has 42 heavy (non-hydrogen) atoms. The molecule has 2 amide bonds. The number of amides is 2. The summed E-state index contributed by atoms with van der Waals surface area (Å²) in [6.07, 6.45) is 0.680. The summed E-state index contributed by atoms with van der Waals surface area (Å²) in [5, 5.41) is 3.42. The molecule has 12 heteroatoms. The summed E-state index contributed by atoms with van der Waals surface area (Å²) in [5.74, 6) is -1.19. The minimum absolute atomic E-state index is 0.0117. The molecule has 2 fully saturated rings. The Balaban J connectivity index is 1.65. The van der Waals surface area contributed by atoms with Gasteiger partial charge in [0.2, 0.25) is 5.91 Å². The van der Waals surface area contributed by atoms with Gasteiger partial charge < -0.3 is 29.0 Å². The lowest BCUT2D eigenvalue weighted by Gasteiger charge is -2.28. The zero-order valence-corrected chi connectivity index (χ0v) is 24.7. The average molecular weight is 584 g/mol. The molecule has 2 aromatic rings. The molecule has 1 N–H and O–H groups in total. The number of methoxy groups -OCH3 is 2. The van der Waals surface area contributed by atoms with Crippen molar-refractivity contribution in [1.29, 1.82) is 0 Å². The van der Waals surface area contributed by atoms with Gasteiger partial charge in [-0.15, -0.1) is 6.58 Å². The Labute approximate surface area is 244 Å². The van der Waals surface area contributed by atoms with Crippen LogP contribution in [0.3, 0.4) is 0 Å². The molecule has 2 aliphatic rings. The van der Waals surface area contributed by atoms with Crippen molar-refractivity contribution in [3.8, 4) is 11.5 Å². The van der Waals surface area contributed by atoms with E-state index < -0.39 is 47.2 Å². The number of likely N-dealkylation sites (tertiary alicyclic amines) is 1. The third kappa shape index (κ3) is 6.27. The number of pyridine rings is 1. The Morgan fingerprint density at radius 3 is 2.52 bits per heavy atom. The summed E-state index contributed by atoms with van der Waals surface area (Å²) in [6, 6.07) is 5.59. The first-order valence-electron chi connectivity index (χ1n) is 13.7. The van der Waals surface area contributed by atoms with Crippen LogP contribution in [0, 0.1) is 5.92 Å². The molecule has 1 aromatic heterocycles. The molecule has 1 saturated heterocycles. The largest absolute Gasteiger partial charge is 0.497 e. The molecule has 0 radical (unpaired) electrons. The standard InChI is InChI=1S/C30H37N3O9/c1-8-17-15-30(17,27(36)40-9-2)32-25(34)23-13-19(16-33(23)28(37)42-29(3,4)5)41-24-14-22(26(35)39-7)31-21-12-18(38-6)10-11-20(21)24/h8,10-12,14,17,19,23H,1,9,13,15-16H2,2-7H3,(H,32,34)/t17-,19+,23-,30-/m0/s1. The van der Waals surface area contributed by atoms with Crippen molar-refractivity contribution < 1.29 is 42.9 Å². The number of carbonyl (C=O) groups is 4. The van der Waals surface area contributed by atoms with Gasteiger partial charge in [-0.25, -0.2) is 19.4 Å². The van der Waals surface area contributed by atoms with E-state index in [1.165, 1.54) is 25.2 Å². The Morgan fingerprint density at radius 1 is 1.19 bits per heavy atom. The number of esters is 2. The number of ether oxygens (including phenoxy) is 5. The van der Waals surface area contributed by atoms with Gasteiger partial charge in [0.1, 0.15) is 34.8 Å². The number of aromatic nitrogens is 1. The average Bonchev–Trinajstić information content (AvgIpc) is 3.50. The molecular formula is C30H37N3O9. The maximum Gasteiger partial charge on any atom is 0.411 e. The maximum atomic E-state index is 13.7. The highest BCUT2D eigenvalue weighted by molar-refractivity contribution is 5.96. The molecule has 0 spiro atoms. The van der Waals surface area contributed by atoms with E-state index in [1.54, 1.807) is 52.0 Å². The highest BCUT2D eigenvalue weighted by Gasteiger charge is 2.62. The molecule has 1 aliphatic carbocycles. The van der Waals surface area contributed by atoms with Gasteiger partial charge in [-0.1, -0.05) is 6.08 Å². The summed E-state index contributed by atoms with van der Waals surface area (Å²) in [4.78, 5) is 57.7. The minimum atomic E-state index is -1.23. The van der Waals surface area contributed by atoms with E-state index >= 15 is 0 Å². The predicted molar refractivity (Wildman–Crippen MR) is 151 cm³/mol. The SMILES string of the molecule is C=C[C@H]1C[C@@]1(NC(=O)[C@@H]1C[C@@H](Oc2cc(C(=O)OC)nc3cc(OC)ccc23)CN1C(=O)OC(C)(C)C)C(=O)OCC. The van der Waals surface area contributed by atoms with Crippen molar-refractivity contribution in [2.45, 2.75) is 63.8 Å². The van der Waals surface area contributed by atoms with Crippen molar-refractivity contribution in [3.63, 3.8) is 0 Å². The molecule has 0 bridgehead atoms. The van der Waals surface area contributed by atoms with Gasteiger partial charge in [-0.3, -0.25) is 9.69 Å². The fourth-order valence-corrected chi connectivity index (χ4v) is 5.01. The zero-order valence-electron chi connectivity index (χ0n) is 24.7. The molecule has 1 aromatic carbocycles. The number of nitrogens with one attached hydrogen (secondary N) is 1. The van der Waals surface area contributed by atoms with E-state index in [0.717, 1.165) is 0 Å². The van der Waals surface area contributed by atoms with E-state index in [4.69, 9.17) is 23.7 Å². The number of carbonyl (C=O) groups excluding carboxylic acids is 4. The number of fused-ring (bicyclic) bond motifs is 1. The van der Waals surface area contributed by atoms with Gasteiger partial charge in [0, 0.05) is 29.9 Å². The van der Waals surface area contributed by atoms with Gasteiger partial charge in [0.15, 0.2) is 5.69 Å². The second-order valence-electron chi connectivity index (χ2n) is 11.2. The van der Waals surface area contributed by atoms with Crippen LogP contribution in [-0.4, -0.2) is 84.5 Å². The van der Waals surface area contributed by atoms with E-state index in [-0.39, 0.29) is 31.2 Å². The lowest BCUT2D eigenvalue weighted by molar-refractivity contribution is -0.149. The topological polar surface area (TPSA) is 143 Å². The van der Waals surface area contributed by atoms with Crippen LogP contribution in [-0.2, 0) is 23.8 Å². The molecular weight excluding hydrogens is 546 g/mol. The van der Waals surface area contributed by atoms with Crippen molar-refractivity contribution in [2.24, 2.45) is 5.92 Å². The van der Waals surface area contributed by atoms with Crippen LogP contribution >= 0.6 is 0 Å². The van der Waals surface area contributed by atoms with Crippen LogP contribution in [0.5, 0.6) is 11.5 Å². The van der Waals surface area contributed by atoms with Crippen LogP contribution in [0.2, 0.25) is 0 Å². The number of hydrogen-bond donors (Lipinski definition) is 1. The summed E-state index contributed by atoms with van der Waals surface area (Å²) in [6.45, 7) is 10.8. The van der Waals surface area contributed by atoms with E-state index in [9.17, 15) is 19.2 Å². The Morgan fingerprint density at radius 2 is 1.93 bits per heavy atom. The highest BCUT2D eigenvalue weighted by Crippen LogP contribution is 2.46. The smallest absolute Gasteiger partial charge is 0.411 e. The lowest BCUT2D eigenvalue weighted by atomic mass is 10.1. The summed E-state index contributed by atoms with van der Waals surface area (Å²) < 4.78 is 27.3. The Kier molecular flexibility index (Phi) is 8.65. The second-order valence-corrected chi connectivity index (χ2v) is 11.2. The Bertz CT molecular complexity index is 1400. The monoisotopic (exact) mass is 583 g/mol. The van der Waals surface area contributed by atoms with Crippen LogP contribution in [0.4, 0.5) is 4.79 Å². The maximum absolute atomic E-state index is 13.7. The van der Waals surface area contributed by atoms with E-state index in [0.29, 0.717) is 28.8 Å². The summed E-state index contributed by atoms with van der Waals surface area (Å²) >= 11 is 0. The molecule has 1 aliphatic heterocycles. The van der Waals surface area contributed by atoms with Gasteiger partial charge in [-0.05, 0) is 46.2 Å². The molecule has 1 saturated carbocycles. The first kappa shape index (κ1) is 30.6. The van der Waals surface area contributed by atoms with Gasteiger partial charge in [-0.2, -0.15) is 0 Å². The van der Waals surface area contributed by atoms with E-state index in [1.807, 2.05) is 0 Å². The number of benzene rings is 1. The van der Waals surface area contributed by atoms with Crippen molar-refractivity contribution >= 4 is 34.8 Å². The van der Waals surface area contributed by atoms with Crippen LogP contribution < -0.4 is 14.8 Å². The van der Waals surface area contributed by atoms with Gasteiger partial charge in [0.05, 0.1) is 32.9 Å². The number of rotatable bonds is 9. The predicted octanol–water partition coefficient (Wildman–Crippen LogP) is 3.41. The lowest BCUT2D eigenvalue weighted by Crippen LogP contribution is -2.53. The van der Waals surface area contributed by atoms with Crippen LogP contribution in [0.1, 0.15) is 51.0 Å². The normalized spacial score (nSPS) is 23.1.